The predicted octanol–water partition coefficient (Wildman–Crippen LogP) is 4.10. The van der Waals surface area contributed by atoms with Crippen molar-refractivity contribution in [1.82, 2.24) is 14.8 Å². The summed E-state index contributed by atoms with van der Waals surface area (Å²) in [5.41, 5.74) is 3.94. The Kier molecular flexibility index (Phi) is 4.98. The van der Waals surface area contributed by atoms with Crippen LogP contribution >= 0.6 is 0 Å². The van der Waals surface area contributed by atoms with Crippen molar-refractivity contribution in [3.63, 3.8) is 0 Å². The van der Waals surface area contributed by atoms with Crippen LogP contribution in [0.5, 0.6) is 5.88 Å². The van der Waals surface area contributed by atoms with Crippen LogP contribution in [0.2, 0.25) is 0 Å². The molecule has 1 aliphatic carbocycles. The van der Waals surface area contributed by atoms with E-state index in [4.69, 9.17) is 10.5 Å². The topological polar surface area (TPSA) is 86.3 Å². The van der Waals surface area contributed by atoms with E-state index < -0.39 is 24.1 Å². The van der Waals surface area contributed by atoms with Crippen LogP contribution in [0.25, 0.3) is 5.82 Å². The molecule has 10 heteroatoms. The predicted molar refractivity (Wildman–Crippen MR) is 113 cm³/mol. The van der Waals surface area contributed by atoms with Gasteiger partial charge < -0.3 is 15.4 Å². The Morgan fingerprint density at radius 2 is 1.88 bits per heavy atom. The number of anilines is 1. The molecule has 1 saturated carbocycles. The van der Waals surface area contributed by atoms with Crippen LogP contribution in [0.4, 0.5) is 19.0 Å². The van der Waals surface area contributed by atoms with E-state index in [0.29, 0.717) is 23.7 Å². The molecule has 1 saturated heterocycles. The zero-order valence-electron chi connectivity index (χ0n) is 18.7. The van der Waals surface area contributed by atoms with Gasteiger partial charge in [-0.2, -0.15) is 13.2 Å². The van der Waals surface area contributed by atoms with Gasteiger partial charge in [-0.05, 0) is 50.7 Å². The van der Waals surface area contributed by atoms with Gasteiger partial charge >= 0.3 is 6.18 Å². The second-order valence-corrected chi connectivity index (χ2v) is 10.3. The number of primary amides is 1. The summed E-state index contributed by atoms with van der Waals surface area (Å²) in [4.78, 5) is 18.8. The van der Waals surface area contributed by atoms with E-state index in [9.17, 15) is 18.0 Å². The van der Waals surface area contributed by atoms with Crippen LogP contribution in [0, 0.1) is 10.8 Å². The molecule has 2 fully saturated rings. The largest absolute Gasteiger partial charge is 0.476 e. The molecule has 0 spiro atoms. The maximum atomic E-state index is 13.1. The fourth-order valence-electron chi connectivity index (χ4n) is 4.67. The zero-order valence-corrected chi connectivity index (χ0v) is 18.7. The van der Waals surface area contributed by atoms with E-state index in [1.54, 1.807) is 18.3 Å². The standard InChI is InChI=1S/C22H28F3N5O2/c1-19(2)11-20(3,4)29(12-19)18-14(17(26)31)5-6-15(27-18)30-10-7-16(28-30)32-13-21(8-9-21)22(23,24)25/h5-7,10H,8-9,11-13H2,1-4H3,(H2,26,31). The van der Waals surface area contributed by atoms with E-state index in [1.165, 1.54) is 10.7 Å². The Balaban J connectivity index is 1.61. The monoisotopic (exact) mass is 451 g/mol. The smallest absolute Gasteiger partial charge is 0.397 e. The third-order valence-electron chi connectivity index (χ3n) is 6.36. The van der Waals surface area contributed by atoms with E-state index >= 15 is 0 Å². The zero-order chi connectivity index (χ0) is 23.5. The van der Waals surface area contributed by atoms with Crippen LogP contribution in [-0.4, -0.2) is 45.5 Å². The Hall–Kier alpha value is -2.78. The molecular weight excluding hydrogens is 423 g/mol. The van der Waals surface area contributed by atoms with E-state index in [-0.39, 0.29) is 29.7 Å². The number of aromatic nitrogens is 3. The minimum Gasteiger partial charge on any atom is -0.476 e. The van der Waals surface area contributed by atoms with Crippen LogP contribution in [-0.2, 0) is 0 Å². The number of rotatable bonds is 6. The quantitative estimate of drug-likeness (QED) is 0.715. The summed E-state index contributed by atoms with van der Waals surface area (Å²) in [6, 6.07) is 4.71. The second-order valence-electron chi connectivity index (χ2n) is 10.3. The van der Waals surface area contributed by atoms with E-state index in [1.807, 2.05) is 0 Å². The number of alkyl halides is 3. The van der Waals surface area contributed by atoms with Crippen molar-refractivity contribution in [2.45, 2.75) is 58.7 Å². The molecule has 0 radical (unpaired) electrons. The number of hydrogen-bond donors (Lipinski definition) is 1. The lowest BCUT2D eigenvalue weighted by atomic mass is 9.86. The molecule has 2 aromatic heterocycles. The SMILES string of the molecule is CC1(C)CN(c2nc(-n3ccc(OCC4(C(F)(F)F)CC4)n3)ccc2C(N)=O)C(C)(C)C1. The maximum Gasteiger partial charge on any atom is 0.397 e. The molecule has 1 aliphatic heterocycles. The normalized spacial score (nSPS) is 20.9. The second kappa shape index (κ2) is 7.11. The number of hydrogen-bond acceptors (Lipinski definition) is 5. The first kappa shape index (κ1) is 22.4. The fraction of sp³-hybridized carbons (Fsp3) is 0.591. The molecule has 7 nitrogen and oxygen atoms in total. The van der Waals surface area contributed by atoms with Crippen molar-refractivity contribution in [2.24, 2.45) is 16.6 Å². The number of halogens is 3. The first-order valence-electron chi connectivity index (χ1n) is 10.6. The molecule has 2 N–H and O–H groups in total. The molecule has 0 aromatic carbocycles. The third kappa shape index (κ3) is 4.02. The summed E-state index contributed by atoms with van der Waals surface area (Å²) >= 11 is 0. The van der Waals surface area contributed by atoms with Crippen LogP contribution < -0.4 is 15.4 Å². The van der Waals surface area contributed by atoms with Crippen LogP contribution in [0.1, 0.15) is 57.3 Å². The lowest BCUT2D eigenvalue weighted by molar-refractivity contribution is -0.194. The average Bonchev–Trinajstić information content (AvgIpc) is 3.26. The van der Waals surface area contributed by atoms with Gasteiger partial charge in [0.15, 0.2) is 5.82 Å². The highest BCUT2D eigenvalue weighted by Gasteiger charge is 2.64. The highest BCUT2D eigenvalue weighted by atomic mass is 19.4. The number of pyridine rings is 1. The number of carbonyl (C=O) groups is 1. The molecule has 1 amide bonds. The summed E-state index contributed by atoms with van der Waals surface area (Å²) in [5.74, 6) is 0.395. The number of nitrogens with zero attached hydrogens (tertiary/aromatic N) is 4. The molecule has 2 aliphatic rings. The van der Waals surface area contributed by atoms with Crippen molar-refractivity contribution < 1.29 is 22.7 Å². The number of carbonyl (C=O) groups excluding carboxylic acids is 1. The summed E-state index contributed by atoms with van der Waals surface area (Å²) in [7, 11) is 0. The minimum atomic E-state index is -4.28. The highest BCUT2D eigenvalue weighted by molar-refractivity contribution is 5.98. The minimum absolute atomic E-state index is 0.0278. The maximum absolute atomic E-state index is 13.1. The molecule has 2 aromatic rings. The van der Waals surface area contributed by atoms with E-state index in [0.717, 1.165) is 6.42 Å². The highest BCUT2D eigenvalue weighted by Crippen LogP contribution is 2.57. The van der Waals surface area contributed by atoms with Crippen molar-refractivity contribution in [2.75, 3.05) is 18.1 Å². The molecule has 0 atom stereocenters. The molecule has 4 rings (SSSR count). The van der Waals surface area contributed by atoms with Crippen molar-refractivity contribution in [1.29, 1.82) is 0 Å². The van der Waals surface area contributed by atoms with Gasteiger partial charge in [0.05, 0.1) is 5.56 Å². The van der Waals surface area contributed by atoms with Gasteiger partial charge in [-0.3, -0.25) is 4.79 Å². The summed E-state index contributed by atoms with van der Waals surface area (Å²) in [5, 5.41) is 4.23. The van der Waals surface area contributed by atoms with Crippen LogP contribution in [0.3, 0.4) is 0 Å². The molecule has 32 heavy (non-hydrogen) atoms. The Morgan fingerprint density at radius 1 is 1.19 bits per heavy atom. The van der Waals surface area contributed by atoms with Crippen molar-refractivity contribution in [3.8, 4) is 11.7 Å². The van der Waals surface area contributed by atoms with Gasteiger partial charge in [0, 0.05) is 24.3 Å². The lowest BCUT2D eigenvalue weighted by Crippen LogP contribution is -2.40. The first-order valence-corrected chi connectivity index (χ1v) is 10.6. The lowest BCUT2D eigenvalue weighted by Gasteiger charge is -2.33. The number of ether oxygens (including phenoxy) is 1. The molecule has 3 heterocycles. The van der Waals surface area contributed by atoms with Gasteiger partial charge in [0.1, 0.15) is 17.8 Å². The van der Waals surface area contributed by atoms with Gasteiger partial charge in [-0.25, -0.2) is 9.67 Å². The van der Waals surface area contributed by atoms with Gasteiger partial charge in [-0.15, -0.1) is 5.10 Å². The van der Waals surface area contributed by atoms with Gasteiger partial charge in [0.25, 0.3) is 5.91 Å². The van der Waals surface area contributed by atoms with Crippen LogP contribution in [0.15, 0.2) is 24.4 Å². The Labute approximate surface area is 184 Å². The van der Waals surface area contributed by atoms with Crippen molar-refractivity contribution >= 4 is 11.7 Å². The number of nitrogens with two attached hydrogens (primary N) is 1. The van der Waals surface area contributed by atoms with Gasteiger partial charge in [0.2, 0.25) is 5.88 Å². The summed E-state index contributed by atoms with van der Waals surface area (Å²) < 4.78 is 46.1. The molecular formula is C22H28F3N5O2. The van der Waals surface area contributed by atoms with E-state index in [2.05, 4.69) is 42.7 Å². The third-order valence-corrected chi connectivity index (χ3v) is 6.36. The molecule has 0 unspecified atom stereocenters. The average molecular weight is 451 g/mol. The van der Waals surface area contributed by atoms with Gasteiger partial charge in [-0.1, -0.05) is 13.8 Å². The van der Waals surface area contributed by atoms with Crippen molar-refractivity contribution in [3.05, 3.63) is 30.0 Å². The fourth-order valence-corrected chi connectivity index (χ4v) is 4.67. The summed E-state index contributed by atoms with van der Waals surface area (Å²) in [6.45, 7) is 8.75. The Bertz CT molecular complexity index is 1040. The Morgan fingerprint density at radius 3 is 2.41 bits per heavy atom. The summed E-state index contributed by atoms with van der Waals surface area (Å²) in [6.07, 6.45) is -1.67. The molecule has 174 valence electrons. The first-order chi connectivity index (χ1) is 14.7. The molecule has 0 bridgehead atoms. The number of amides is 1.